The third-order valence-electron chi connectivity index (χ3n) is 3.37. The number of aromatic hydroxyl groups is 1. The summed E-state index contributed by atoms with van der Waals surface area (Å²) in [6.07, 6.45) is 2.36. The quantitative estimate of drug-likeness (QED) is 0.612. The molecule has 0 aliphatic rings. The van der Waals surface area contributed by atoms with Gasteiger partial charge in [0, 0.05) is 11.9 Å². The first-order valence-electron chi connectivity index (χ1n) is 6.83. The molecule has 0 unspecified atom stereocenters. The smallest absolute Gasteiger partial charge is 0.350 e. The Bertz CT molecular complexity index is 776. The summed E-state index contributed by atoms with van der Waals surface area (Å²) < 4.78 is 5.51. The van der Waals surface area contributed by atoms with Crippen LogP contribution in [0.3, 0.4) is 0 Å². The van der Waals surface area contributed by atoms with Crippen molar-refractivity contribution >= 4 is 44.6 Å². The normalized spacial score (nSPS) is 12.4. The Kier molecular flexibility index (Phi) is 6.09. The van der Waals surface area contributed by atoms with Crippen LogP contribution < -0.4 is 10.9 Å². The summed E-state index contributed by atoms with van der Waals surface area (Å²) in [7, 11) is 0. The van der Waals surface area contributed by atoms with E-state index in [-0.39, 0.29) is 22.4 Å². The van der Waals surface area contributed by atoms with Gasteiger partial charge < -0.3 is 14.6 Å². The molecule has 0 spiro atoms. The molecule has 0 amide bonds. The van der Waals surface area contributed by atoms with Gasteiger partial charge in [0.2, 0.25) is 0 Å². The predicted octanol–water partition coefficient (Wildman–Crippen LogP) is 2.56. The number of rotatable bonds is 7. The SMILES string of the molecule is CSCC[C@H](NCc1c(O)ccc2cc(Br)c(=O)oc12)C(=O)O. The van der Waals surface area contributed by atoms with Crippen molar-refractivity contribution in [3.63, 3.8) is 0 Å². The standard InChI is InChI=1S/C15H16BrNO5S/c1-23-5-4-11(14(19)20)17-7-9-12(18)3-2-8-6-10(16)15(21)22-13(8)9/h2-3,6,11,17-18H,4-5,7H2,1H3,(H,19,20)/t11-/m0/s1. The summed E-state index contributed by atoms with van der Waals surface area (Å²) in [5.41, 5.74) is 0.0590. The van der Waals surface area contributed by atoms with E-state index in [9.17, 15) is 19.8 Å². The van der Waals surface area contributed by atoms with Crippen molar-refractivity contribution in [2.24, 2.45) is 0 Å². The number of hydrogen-bond donors (Lipinski definition) is 3. The second-order valence-corrected chi connectivity index (χ2v) is 6.76. The van der Waals surface area contributed by atoms with Gasteiger partial charge in [0.05, 0.1) is 5.56 Å². The monoisotopic (exact) mass is 401 g/mol. The van der Waals surface area contributed by atoms with Crippen LogP contribution in [-0.2, 0) is 11.3 Å². The molecule has 1 aromatic heterocycles. The van der Waals surface area contributed by atoms with E-state index in [1.54, 1.807) is 23.9 Å². The number of benzene rings is 1. The second kappa shape index (κ2) is 7.85. The molecule has 0 bridgehead atoms. The number of hydrogen-bond acceptors (Lipinski definition) is 6. The molecule has 2 rings (SSSR count). The molecule has 1 heterocycles. The van der Waals surface area contributed by atoms with Crippen LogP contribution >= 0.6 is 27.7 Å². The molecule has 8 heteroatoms. The van der Waals surface area contributed by atoms with E-state index in [4.69, 9.17) is 4.42 Å². The average Bonchev–Trinajstić information content (AvgIpc) is 2.50. The van der Waals surface area contributed by atoms with Crippen LogP contribution in [0, 0.1) is 0 Å². The summed E-state index contributed by atoms with van der Waals surface area (Å²) in [6, 6.07) is 3.99. The number of nitrogens with one attached hydrogen (secondary N) is 1. The van der Waals surface area contributed by atoms with Gasteiger partial charge in [-0.25, -0.2) is 4.79 Å². The summed E-state index contributed by atoms with van der Waals surface area (Å²) >= 11 is 4.67. The largest absolute Gasteiger partial charge is 0.507 e. The van der Waals surface area contributed by atoms with E-state index >= 15 is 0 Å². The number of carboxylic acid groups (broad SMARTS) is 1. The third kappa shape index (κ3) is 4.27. The average molecular weight is 402 g/mol. The van der Waals surface area contributed by atoms with Crippen LogP contribution in [0.15, 0.2) is 31.9 Å². The number of halogens is 1. The van der Waals surface area contributed by atoms with Crippen LogP contribution in [0.5, 0.6) is 5.75 Å². The summed E-state index contributed by atoms with van der Waals surface area (Å²) in [5, 5.41) is 22.8. The lowest BCUT2D eigenvalue weighted by molar-refractivity contribution is -0.139. The zero-order chi connectivity index (χ0) is 17.0. The Balaban J connectivity index is 2.31. The minimum absolute atomic E-state index is 0.0514. The zero-order valence-corrected chi connectivity index (χ0v) is 14.7. The molecule has 0 saturated carbocycles. The van der Waals surface area contributed by atoms with Crippen LogP contribution in [0.2, 0.25) is 0 Å². The Hall–Kier alpha value is -1.51. The van der Waals surface area contributed by atoms with Gasteiger partial charge in [0.25, 0.3) is 0 Å². The maximum Gasteiger partial charge on any atom is 0.350 e. The van der Waals surface area contributed by atoms with Gasteiger partial charge in [-0.05, 0) is 52.6 Å². The lowest BCUT2D eigenvalue weighted by Gasteiger charge is -2.15. The van der Waals surface area contributed by atoms with Crippen LogP contribution in [-0.4, -0.2) is 34.2 Å². The van der Waals surface area contributed by atoms with Crippen molar-refractivity contribution in [1.82, 2.24) is 5.32 Å². The van der Waals surface area contributed by atoms with Gasteiger partial charge in [-0.1, -0.05) is 0 Å². The van der Waals surface area contributed by atoms with Crippen molar-refractivity contribution in [1.29, 1.82) is 0 Å². The highest BCUT2D eigenvalue weighted by molar-refractivity contribution is 9.10. The van der Waals surface area contributed by atoms with Crippen molar-refractivity contribution < 1.29 is 19.4 Å². The molecule has 1 atom stereocenters. The number of phenolic OH excluding ortho intramolecular Hbond substituents is 1. The maximum atomic E-state index is 11.7. The molecule has 0 radical (unpaired) electrons. The van der Waals surface area contributed by atoms with Gasteiger partial charge in [-0.15, -0.1) is 0 Å². The molecule has 1 aromatic carbocycles. The maximum absolute atomic E-state index is 11.7. The van der Waals surface area contributed by atoms with E-state index in [1.165, 1.54) is 6.07 Å². The van der Waals surface area contributed by atoms with Gasteiger partial charge in [0.1, 0.15) is 21.8 Å². The second-order valence-electron chi connectivity index (χ2n) is 4.92. The molecular formula is C15H16BrNO5S. The highest BCUT2D eigenvalue weighted by atomic mass is 79.9. The third-order valence-corrected chi connectivity index (χ3v) is 4.57. The number of fused-ring (bicyclic) bond motifs is 1. The van der Waals surface area contributed by atoms with E-state index in [0.717, 1.165) is 0 Å². The van der Waals surface area contributed by atoms with Crippen molar-refractivity contribution in [3.05, 3.63) is 38.7 Å². The minimum atomic E-state index is -0.956. The van der Waals surface area contributed by atoms with Crippen LogP contribution in [0.1, 0.15) is 12.0 Å². The molecule has 0 aliphatic carbocycles. The highest BCUT2D eigenvalue weighted by Crippen LogP contribution is 2.27. The molecule has 0 fully saturated rings. The van der Waals surface area contributed by atoms with Crippen molar-refractivity contribution in [2.45, 2.75) is 19.0 Å². The van der Waals surface area contributed by atoms with E-state index < -0.39 is 17.6 Å². The van der Waals surface area contributed by atoms with Crippen LogP contribution in [0.25, 0.3) is 11.0 Å². The molecule has 0 aliphatic heterocycles. The predicted molar refractivity (Wildman–Crippen MR) is 93.1 cm³/mol. The lowest BCUT2D eigenvalue weighted by atomic mass is 10.1. The van der Waals surface area contributed by atoms with Crippen molar-refractivity contribution in [2.75, 3.05) is 12.0 Å². The first-order valence-corrected chi connectivity index (χ1v) is 9.02. The van der Waals surface area contributed by atoms with E-state index in [2.05, 4.69) is 21.2 Å². The summed E-state index contributed by atoms with van der Waals surface area (Å²) in [6.45, 7) is 0.0824. The van der Waals surface area contributed by atoms with Gasteiger partial charge in [-0.3, -0.25) is 10.1 Å². The van der Waals surface area contributed by atoms with Gasteiger partial charge in [0.15, 0.2) is 0 Å². The van der Waals surface area contributed by atoms with Crippen LogP contribution in [0.4, 0.5) is 0 Å². The molecule has 2 aromatic rings. The minimum Gasteiger partial charge on any atom is -0.507 e. The fourth-order valence-electron chi connectivity index (χ4n) is 2.15. The van der Waals surface area contributed by atoms with E-state index in [0.29, 0.717) is 23.1 Å². The Morgan fingerprint density at radius 3 is 2.87 bits per heavy atom. The molecule has 3 N–H and O–H groups in total. The molecular weight excluding hydrogens is 386 g/mol. The molecule has 124 valence electrons. The Morgan fingerprint density at radius 2 is 2.22 bits per heavy atom. The fraction of sp³-hybridized carbons (Fsp3) is 0.333. The number of phenols is 1. The van der Waals surface area contributed by atoms with E-state index in [1.807, 2.05) is 6.26 Å². The lowest BCUT2D eigenvalue weighted by Crippen LogP contribution is -2.36. The van der Waals surface area contributed by atoms with Crippen molar-refractivity contribution in [3.8, 4) is 5.75 Å². The summed E-state index contributed by atoms with van der Waals surface area (Å²) in [4.78, 5) is 22.9. The zero-order valence-electron chi connectivity index (χ0n) is 12.3. The molecule has 6 nitrogen and oxygen atoms in total. The number of thioether (sulfide) groups is 1. The molecule has 0 saturated heterocycles. The first kappa shape index (κ1) is 17.8. The number of carbonyl (C=O) groups is 1. The summed E-state index contributed by atoms with van der Waals surface area (Å²) in [5.74, 6) is -0.305. The number of aliphatic carboxylic acids is 1. The fourth-order valence-corrected chi connectivity index (χ4v) is 2.95. The first-order chi connectivity index (χ1) is 10.9. The number of carboxylic acids is 1. The molecule has 23 heavy (non-hydrogen) atoms. The van der Waals surface area contributed by atoms with Gasteiger partial charge >= 0.3 is 11.6 Å². The topological polar surface area (TPSA) is 99.8 Å². The Labute approximate surface area is 145 Å². The van der Waals surface area contributed by atoms with Gasteiger partial charge in [-0.2, -0.15) is 11.8 Å². The highest BCUT2D eigenvalue weighted by Gasteiger charge is 2.18. The Morgan fingerprint density at radius 1 is 1.48 bits per heavy atom.